The van der Waals surface area contributed by atoms with Crippen LogP contribution in [0.2, 0.25) is 0 Å². The monoisotopic (exact) mass is 562 g/mol. The van der Waals surface area contributed by atoms with Crippen molar-refractivity contribution in [1.29, 1.82) is 0 Å². The van der Waals surface area contributed by atoms with Gasteiger partial charge in [0.05, 0.1) is 29.7 Å². The zero-order valence-electron chi connectivity index (χ0n) is 23.6. The normalized spacial score (nSPS) is 11.2. The summed E-state index contributed by atoms with van der Waals surface area (Å²) in [6.07, 6.45) is 7.56. The van der Waals surface area contributed by atoms with Gasteiger partial charge in [-0.25, -0.2) is 9.48 Å². The summed E-state index contributed by atoms with van der Waals surface area (Å²) < 4.78 is 8.49. The van der Waals surface area contributed by atoms with Gasteiger partial charge < -0.3 is 14.6 Å². The van der Waals surface area contributed by atoms with Gasteiger partial charge in [-0.15, -0.1) is 10.2 Å². The topological polar surface area (TPSA) is 104 Å². The predicted octanol–water partition coefficient (Wildman–Crippen LogP) is 5.37. The van der Waals surface area contributed by atoms with Gasteiger partial charge in [-0.2, -0.15) is 5.10 Å². The molecular weight excluding hydrogens is 524 g/mol. The zero-order chi connectivity index (χ0) is 28.3. The van der Waals surface area contributed by atoms with E-state index in [9.17, 15) is 9.59 Å². The fraction of sp³-hybridized carbons (Fsp3) is 0.433. The zero-order valence-corrected chi connectivity index (χ0v) is 24.4. The number of ether oxygens (including phenoxy) is 1. The van der Waals surface area contributed by atoms with Crippen LogP contribution >= 0.6 is 11.8 Å². The first-order valence-corrected chi connectivity index (χ1v) is 14.9. The number of fused-ring (bicyclic) bond motifs is 1. The highest BCUT2D eigenvalue weighted by molar-refractivity contribution is 7.99. The van der Waals surface area contributed by atoms with Crippen LogP contribution in [0.15, 0.2) is 58.5 Å². The Hall–Kier alpha value is -3.66. The third-order valence-corrected chi connectivity index (χ3v) is 7.90. The molecule has 9 nitrogen and oxygen atoms in total. The summed E-state index contributed by atoms with van der Waals surface area (Å²) in [5.74, 6) is 1.56. The molecule has 0 saturated carbocycles. The number of esters is 1. The largest absolute Gasteiger partial charge is 0.462 e. The van der Waals surface area contributed by atoms with E-state index < -0.39 is 0 Å². The highest BCUT2D eigenvalue weighted by Gasteiger charge is 2.14. The number of nitrogens with one attached hydrogen (secondary N) is 1. The predicted molar refractivity (Wildman–Crippen MR) is 160 cm³/mol. The molecule has 2 aromatic carbocycles. The van der Waals surface area contributed by atoms with Crippen LogP contribution < -0.4 is 10.9 Å². The standard InChI is InChI=1S/C30H38N6O3S/c1-4-39-29(38)22-14-13-15-23(20-22)31-18-11-7-5-6-8-12-19-40-30-33-32-27(35(30)2)21-26-24-16-9-10-17-25(24)28(37)36(3)34-26/h9-10,13-17,20,31H,4-8,11-12,18-19,21H2,1-3H3. The van der Waals surface area contributed by atoms with E-state index in [1.807, 2.05) is 61.0 Å². The summed E-state index contributed by atoms with van der Waals surface area (Å²) in [7, 11) is 3.67. The van der Waals surface area contributed by atoms with E-state index in [-0.39, 0.29) is 11.5 Å². The number of rotatable bonds is 15. The average Bonchev–Trinajstić information content (AvgIpc) is 3.31. The molecule has 2 aromatic heterocycles. The van der Waals surface area contributed by atoms with Crippen molar-refractivity contribution in [2.75, 3.05) is 24.2 Å². The molecule has 40 heavy (non-hydrogen) atoms. The number of aromatic nitrogens is 5. The lowest BCUT2D eigenvalue weighted by atomic mass is 10.1. The molecule has 1 N–H and O–H groups in total. The highest BCUT2D eigenvalue weighted by atomic mass is 32.2. The number of aryl methyl sites for hydroxylation is 1. The highest BCUT2D eigenvalue weighted by Crippen LogP contribution is 2.21. The van der Waals surface area contributed by atoms with Crippen LogP contribution in [0.1, 0.15) is 67.3 Å². The van der Waals surface area contributed by atoms with Crippen molar-refractivity contribution in [3.05, 3.63) is 76.0 Å². The molecule has 4 aromatic rings. The Kier molecular flexibility index (Phi) is 10.7. The number of hydrogen-bond acceptors (Lipinski definition) is 8. The Balaban J connectivity index is 1.13. The van der Waals surface area contributed by atoms with E-state index in [2.05, 4.69) is 20.6 Å². The van der Waals surface area contributed by atoms with Gasteiger partial charge in [0.15, 0.2) is 5.16 Å². The number of nitrogens with zero attached hydrogens (tertiary/aromatic N) is 5. The summed E-state index contributed by atoms with van der Waals surface area (Å²) in [4.78, 5) is 24.3. The van der Waals surface area contributed by atoms with Gasteiger partial charge >= 0.3 is 5.97 Å². The van der Waals surface area contributed by atoms with Crippen LogP contribution in [0, 0.1) is 0 Å². The first-order valence-electron chi connectivity index (χ1n) is 13.9. The average molecular weight is 563 g/mol. The van der Waals surface area contributed by atoms with Gasteiger partial charge in [0.25, 0.3) is 5.56 Å². The molecule has 0 radical (unpaired) electrons. The lowest BCUT2D eigenvalue weighted by molar-refractivity contribution is 0.0526. The van der Waals surface area contributed by atoms with Crippen molar-refractivity contribution >= 4 is 34.2 Å². The Labute approximate surface area is 239 Å². The van der Waals surface area contributed by atoms with Gasteiger partial charge in [-0.3, -0.25) is 4.79 Å². The Morgan fingerprint density at radius 1 is 0.950 bits per heavy atom. The van der Waals surface area contributed by atoms with Crippen LogP contribution in [0.5, 0.6) is 0 Å². The molecule has 0 bridgehead atoms. The molecule has 2 heterocycles. The van der Waals surface area contributed by atoms with Crippen LogP contribution in [0.25, 0.3) is 10.8 Å². The number of anilines is 1. The lowest BCUT2D eigenvalue weighted by Crippen LogP contribution is -2.21. The molecular formula is C30H38N6O3S. The minimum absolute atomic E-state index is 0.0941. The van der Waals surface area contributed by atoms with Crippen molar-refractivity contribution in [2.45, 2.75) is 57.0 Å². The molecule has 0 aliphatic rings. The Morgan fingerprint density at radius 3 is 2.50 bits per heavy atom. The minimum atomic E-state index is -0.281. The molecule has 4 rings (SSSR count). The third-order valence-electron chi connectivity index (χ3n) is 6.79. The first kappa shape index (κ1) is 29.3. The number of carbonyl (C=O) groups is 1. The van der Waals surface area contributed by atoms with Gasteiger partial charge in [0.1, 0.15) is 5.82 Å². The van der Waals surface area contributed by atoms with E-state index in [1.54, 1.807) is 24.9 Å². The fourth-order valence-electron chi connectivity index (χ4n) is 4.58. The molecule has 0 saturated heterocycles. The van der Waals surface area contributed by atoms with Crippen LogP contribution in [-0.4, -0.2) is 49.4 Å². The second kappa shape index (κ2) is 14.6. The van der Waals surface area contributed by atoms with Crippen molar-refractivity contribution < 1.29 is 9.53 Å². The van der Waals surface area contributed by atoms with Crippen LogP contribution in [-0.2, 0) is 25.3 Å². The minimum Gasteiger partial charge on any atom is -0.462 e. The Morgan fingerprint density at radius 2 is 1.70 bits per heavy atom. The van der Waals surface area contributed by atoms with E-state index >= 15 is 0 Å². The number of carbonyl (C=O) groups excluding carboxylic acids is 1. The molecule has 0 amide bonds. The van der Waals surface area contributed by atoms with Crippen LogP contribution in [0.4, 0.5) is 5.69 Å². The first-order chi connectivity index (χ1) is 19.5. The quantitative estimate of drug-likeness (QED) is 0.117. The van der Waals surface area contributed by atoms with E-state index in [1.165, 1.54) is 30.4 Å². The summed E-state index contributed by atoms with van der Waals surface area (Å²) in [5, 5.41) is 19.1. The third kappa shape index (κ3) is 7.71. The van der Waals surface area contributed by atoms with Gasteiger partial charge in [-0.1, -0.05) is 61.7 Å². The van der Waals surface area contributed by atoms with Crippen molar-refractivity contribution in [1.82, 2.24) is 24.5 Å². The number of thioether (sulfide) groups is 1. The van der Waals surface area contributed by atoms with Gasteiger partial charge in [0.2, 0.25) is 0 Å². The molecule has 0 aliphatic heterocycles. The van der Waals surface area contributed by atoms with Crippen molar-refractivity contribution in [3.8, 4) is 0 Å². The summed E-state index contributed by atoms with van der Waals surface area (Å²) in [6.45, 7) is 3.08. The van der Waals surface area contributed by atoms with Crippen molar-refractivity contribution in [2.24, 2.45) is 14.1 Å². The molecule has 0 fully saturated rings. The van der Waals surface area contributed by atoms with E-state index in [0.717, 1.165) is 52.9 Å². The maximum Gasteiger partial charge on any atom is 0.338 e. The van der Waals surface area contributed by atoms with Crippen LogP contribution in [0.3, 0.4) is 0 Å². The summed E-state index contributed by atoms with van der Waals surface area (Å²) in [6, 6.07) is 15.1. The molecule has 212 valence electrons. The number of benzene rings is 2. The van der Waals surface area contributed by atoms with Gasteiger partial charge in [-0.05, 0) is 44.0 Å². The maximum atomic E-state index is 12.4. The fourth-order valence-corrected chi connectivity index (χ4v) is 5.51. The second-order valence-electron chi connectivity index (χ2n) is 9.75. The molecule has 0 spiro atoms. The van der Waals surface area contributed by atoms with E-state index in [0.29, 0.717) is 24.0 Å². The molecule has 0 aliphatic carbocycles. The van der Waals surface area contributed by atoms with Crippen molar-refractivity contribution in [3.63, 3.8) is 0 Å². The Bertz CT molecular complexity index is 1480. The maximum absolute atomic E-state index is 12.4. The summed E-state index contributed by atoms with van der Waals surface area (Å²) in [5.41, 5.74) is 2.26. The SMILES string of the molecule is CCOC(=O)c1cccc(NCCCCCCCCSc2nnc(Cc3nn(C)c(=O)c4ccccc34)n2C)c1. The number of unbranched alkanes of at least 4 members (excludes halogenated alkanes) is 5. The second-order valence-corrected chi connectivity index (χ2v) is 10.8. The smallest absolute Gasteiger partial charge is 0.338 e. The number of hydrogen-bond donors (Lipinski definition) is 1. The molecule has 0 unspecified atom stereocenters. The van der Waals surface area contributed by atoms with E-state index in [4.69, 9.17) is 4.74 Å². The lowest BCUT2D eigenvalue weighted by Gasteiger charge is -2.08. The molecule has 0 atom stereocenters. The summed E-state index contributed by atoms with van der Waals surface area (Å²) >= 11 is 1.73. The van der Waals surface area contributed by atoms with Gasteiger partial charge in [0, 0.05) is 37.5 Å². The molecule has 10 heteroatoms.